The van der Waals surface area contributed by atoms with Crippen LogP contribution in [0.3, 0.4) is 0 Å². The van der Waals surface area contributed by atoms with Gasteiger partial charge in [0, 0.05) is 42.2 Å². The Hall–Kier alpha value is -2.27. The number of hydrogen-bond donors (Lipinski definition) is 0. The minimum absolute atomic E-state index is 0.0373. The highest BCUT2D eigenvalue weighted by Crippen LogP contribution is 2.17. The molecule has 0 spiro atoms. The summed E-state index contributed by atoms with van der Waals surface area (Å²) in [6, 6.07) is 15.3. The van der Waals surface area contributed by atoms with E-state index in [4.69, 9.17) is 0 Å². The predicted molar refractivity (Wildman–Crippen MR) is 101 cm³/mol. The molecule has 0 saturated carbocycles. The first-order valence-corrected chi connectivity index (χ1v) is 9.60. The van der Waals surface area contributed by atoms with Gasteiger partial charge in [-0.1, -0.05) is 17.7 Å². The third-order valence-electron chi connectivity index (χ3n) is 4.46. The summed E-state index contributed by atoms with van der Waals surface area (Å²) in [5, 5.41) is 0. The summed E-state index contributed by atoms with van der Waals surface area (Å²) in [6.07, 6.45) is 2.02. The van der Waals surface area contributed by atoms with Crippen molar-refractivity contribution in [1.82, 2.24) is 9.80 Å². The third-order valence-corrected chi connectivity index (χ3v) is 5.20. The third kappa shape index (κ3) is 4.04. The van der Waals surface area contributed by atoms with Crippen LogP contribution in [0.25, 0.3) is 0 Å². The molecule has 4 nitrogen and oxygen atoms in total. The van der Waals surface area contributed by atoms with Gasteiger partial charge in [-0.3, -0.25) is 9.59 Å². The maximum atomic E-state index is 12.6. The molecular weight excluding hydrogens is 332 g/mol. The molecule has 25 heavy (non-hydrogen) atoms. The zero-order chi connectivity index (χ0) is 17.8. The summed E-state index contributed by atoms with van der Waals surface area (Å²) >= 11 is 1.66. The molecule has 5 heteroatoms. The number of carbonyl (C=O) groups is 2. The summed E-state index contributed by atoms with van der Waals surface area (Å²) in [7, 11) is 0. The Morgan fingerprint density at radius 3 is 1.92 bits per heavy atom. The van der Waals surface area contributed by atoms with Crippen molar-refractivity contribution in [3.05, 3.63) is 65.2 Å². The SMILES string of the molecule is CSc1ccc(C(=O)N2CCN(C(=O)c3cccc(C)c3)CC2)cc1. The fraction of sp³-hybridized carbons (Fsp3) is 0.300. The summed E-state index contributed by atoms with van der Waals surface area (Å²) in [4.78, 5) is 30.0. The lowest BCUT2D eigenvalue weighted by atomic mass is 10.1. The highest BCUT2D eigenvalue weighted by atomic mass is 32.2. The van der Waals surface area contributed by atoms with Crippen LogP contribution in [0.5, 0.6) is 0 Å². The smallest absolute Gasteiger partial charge is 0.253 e. The van der Waals surface area contributed by atoms with Crippen LogP contribution in [0, 0.1) is 6.92 Å². The van der Waals surface area contributed by atoms with Gasteiger partial charge in [-0.25, -0.2) is 0 Å². The van der Waals surface area contributed by atoms with Crippen molar-refractivity contribution in [1.29, 1.82) is 0 Å². The molecule has 0 aliphatic carbocycles. The monoisotopic (exact) mass is 354 g/mol. The van der Waals surface area contributed by atoms with Crippen molar-refractivity contribution in [2.24, 2.45) is 0 Å². The van der Waals surface area contributed by atoms with E-state index in [1.165, 1.54) is 0 Å². The van der Waals surface area contributed by atoms with E-state index < -0.39 is 0 Å². The highest BCUT2D eigenvalue weighted by molar-refractivity contribution is 7.98. The Balaban J connectivity index is 1.61. The minimum Gasteiger partial charge on any atom is -0.335 e. The molecule has 130 valence electrons. The predicted octanol–water partition coefficient (Wildman–Crippen LogP) is 3.32. The first-order valence-electron chi connectivity index (χ1n) is 8.38. The second-order valence-electron chi connectivity index (χ2n) is 6.18. The van der Waals surface area contributed by atoms with E-state index in [0.717, 1.165) is 10.5 Å². The highest BCUT2D eigenvalue weighted by Gasteiger charge is 2.25. The van der Waals surface area contributed by atoms with E-state index in [0.29, 0.717) is 37.3 Å². The van der Waals surface area contributed by atoms with Crippen LogP contribution in [0.15, 0.2) is 53.4 Å². The number of aryl methyl sites for hydroxylation is 1. The van der Waals surface area contributed by atoms with Gasteiger partial charge in [0.25, 0.3) is 11.8 Å². The Bertz CT molecular complexity index is 766. The van der Waals surface area contributed by atoms with Crippen LogP contribution in [0.4, 0.5) is 0 Å². The molecule has 0 aromatic heterocycles. The average Bonchev–Trinajstić information content (AvgIpc) is 2.67. The minimum atomic E-state index is 0.0373. The van der Waals surface area contributed by atoms with E-state index in [1.54, 1.807) is 11.8 Å². The van der Waals surface area contributed by atoms with Crippen molar-refractivity contribution < 1.29 is 9.59 Å². The topological polar surface area (TPSA) is 40.6 Å². The quantitative estimate of drug-likeness (QED) is 0.794. The Morgan fingerprint density at radius 2 is 1.40 bits per heavy atom. The number of thioether (sulfide) groups is 1. The lowest BCUT2D eigenvalue weighted by Gasteiger charge is -2.35. The second-order valence-corrected chi connectivity index (χ2v) is 7.06. The van der Waals surface area contributed by atoms with E-state index in [2.05, 4.69) is 0 Å². The normalized spacial score (nSPS) is 14.5. The molecule has 0 unspecified atom stereocenters. The zero-order valence-electron chi connectivity index (χ0n) is 14.6. The standard InChI is InChI=1S/C20H22N2O2S/c1-15-4-3-5-17(14-15)20(24)22-12-10-21(11-13-22)19(23)16-6-8-18(25-2)9-7-16/h3-9,14H,10-13H2,1-2H3. The molecule has 1 heterocycles. The fourth-order valence-corrected chi connectivity index (χ4v) is 3.40. The molecular formula is C20H22N2O2S. The van der Waals surface area contributed by atoms with E-state index >= 15 is 0 Å². The number of rotatable bonds is 3. The lowest BCUT2D eigenvalue weighted by molar-refractivity contribution is 0.0535. The van der Waals surface area contributed by atoms with Crippen LogP contribution in [-0.4, -0.2) is 54.0 Å². The van der Waals surface area contributed by atoms with Gasteiger partial charge in [0.15, 0.2) is 0 Å². The maximum absolute atomic E-state index is 12.6. The maximum Gasteiger partial charge on any atom is 0.253 e. The van der Waals surface area contributed by atoms with Crippen LogP contribution < -0.4 is 0 Å². The molecule has 0 N–H and O–H groups in total. The number of carbonyl (C=O) groups excluding carboxylic acids is 2. The molecule has 1 aliphatic heterocycles. The van der Waals surface area contributed by atoms with Crippen molar-refractivity contribution in [3.63, 3.8) is 0 Å². The largest absolute Gasteiger partial charge is 0.335 e. The average molecular weight is 354 g/mol. The van der Waals surface area contributed by atoms with Gasteiger partial charge in [0.2, 0.25) is 0 Å². The van der Waals surface area contributed by atoms with Crippen molar-refractivity contribution in [2.45, 2.75) is 11.8 Å². The number of piperazine rings is 1. The summed E-state index contributed by atoms with van der Waals surface area (Å²) in [5.41, 5.74) is 2.50. The summed E-state index contributed by atoms with van der Waals surface area (Å²) in [5.74, 6) is 0.0791. The van der Waals surface area contributed by atoms with E-state index in [-0.39, 0.29) is 11.8 Å². The lowest BCUT2D eigenvalue weighted by Crippen LogP contribution is -2.50. The Kier molecular flexibility index (Phi) is 5.43. The Morgan fingerprint density at radius 1 is 0.840 bits per heavy atom. The van der Waals surface area contributed by atoms with Gasteiger partial charge < -0.3 is 9.80 Å². The van der Waals surface area contributed by atoms with Gasteiger partial charge in [-0.05, 0) is 49.6 Å². The first kappa shape index (κ1) is 17.5. The number of amides is 2. The van der Waals surface area contributed by atoms with Crippen LogP contribution in [-0.2, 0) is 0 Å². The fourth-order valence-electron chi connectivity index (χ4n) is 2.99. The van der Waals surface area contributed by atoms with Crippen molar-refractivity contribution in [3.8, 4) is 0 Å². The molecule has 1 aliphatic rings. The molecule has 1 fully saturated rings. The van der Waals surface area contributed by atoms with Crippen molar-refractivity contribution >= 4 is 23.6 Å². The molecule has 2 amide bonds. The van der Waals surface area contributed by atoms with Gasteiger partial charge in [-0.2, -0.15) is 0 Å². The molecule has 0 bridgehead atoms. The van der Waals surface area contributed by atoms with Gasteiger partial charge in [-0.15, -0.1) is 11.8 Å². The zero-order valence-corrected chi connectivity index (χ0v) is 15.4. The van der Waals surface area contributed by atoms with Crippen LogP contribution >= 0.6 is 11.8 Å². The van der Waals surface area contributed by atoms with Gasteiger partial charge in [0.05, 0.1) is 0 Å². The molecule has 2 aromatic rings. The van der Waals surface area contributed by atoms with E-state index in [1.807, 2.05) is 71.5 Å². The van der Waals surface area contributed by atoms with Crippen LogP contribution in [0.1, 0.15) is 26.3 Å². The molecule has 1 saturated heterocycles. The first-order chi connectivity index (χ1) is 12.1. The number of nitrogens with zero attached hydrogens (tertiary/aromatic N) is 2. The Labute approximate surface area is 152 Å². The summed E-state index contributed by atoms with van der Waals surface area (Å²) in [6.45, 7) is 4.26. The number of benzene rings is 2. The molecule has 2 aromatic carbocycles. The van der Waals surface area contributed by atoms with Gasteiger partial charge >= 0.3 is 0 Å². The van der Waals surface area contributed by atoms with Crippen LogP contribution in [0.2, 0.25) is 0 Å². The second kappa shape index (κ2) is 7.74. The number of hydrogen-bond acceptors (Lipinski definition) is 3. The van der Waals surface area contributed by atoms with Gasteiger partial charge in [0.1, 0.15) is 0 Å². The molecule has 0 radical (unpaired) electrons. The summed E-state index contributed by atoms with van der Waals surface area (Å²) < 4.78 is 0. The molecule has 3 rings (SSSR count). The van der Waals surface area contributed by atoms with E-state index in [9.17, 15) is 9.59 Å². The molecule has 0 atom stereocenters. The van der Waals surface area contributed by atoms with Crippen molar-refractivity contribution in [2.75, 3.05) is 32.4 Å².